The highest BCUT2D eigenvalue weighted by Crippen LogP contribution is 2.32. The minimum absolute atomic E-state index is 0.273. The molecule has 0 saturated carbocycles. The Morgan fingerprint density at radius 3 is 2.48 bits per heavy atom. The molecule has 4 heteroatoms. The number of hydrogen-bond acceptors (Lipinski definition) is 4. The van der Waals surface area contributed by atoms with E-state index in [0.717, 1.165) is 23.2 Å². The van der Waals surface area contributed by atoms with Gasteiger partial charge in [0.15, 0.2) is 0 Å². The van der Waals surface area contributed by atoms with Gasteiger partial charge in [-0.25, -0.2) is 0 Å². The van der Waals surface area contributed by atoms with Gasteiger partial charge < -0.3 is 19.0 Å². The van der Waals surface area contributed by atoms with Gasteiger partial charge in [-0.15, -0.1) is 0 Å². The highest BCUT2D eigenvalue weighted by atomic mass is 16.5. The number of rotatable bonds is 8. The fourth-order valence-electron chi connectivity index (χ4n) is 2.29. The van der Waals surface area contributed by atoms with E-state index < -0.39 is 6.10 Å². The molecule has 0 amide bonds. The topological polar surface area (TPSA) is 44.8 Å². The third-order valence-corrected chi connectivity index (χ3v) is 3.50. The van der Waals surface area contributed by atoms with Crippen molar-refractivity contribution in [2.75, 3.05) is 7.11 Å². The van der Waals surface area contributed by atoms with Crippen LogP contribution in [0.4, 0.5) is 0 Å². The molecule has 2 aromatic rings. The van der Waals surface area contributed by atoms with Crippen LogP contribution in [0.25, 0.3) is 0 Å². The summed E-state index contributed by atoms with van der Waals surface area (Å²) in [6, 6.07) is 15.6. The lowest BCUT2D eigenvalue weighted by molar-refractivity contribution is -0.120. The molecule has 0 N–H and O–H groups in total. The van der Waals surface area contributed by atoms with Crippen molar-refractivity contribution in [2.45, 2.75) is 32.7 Å². The summed E-state index contributed by atoms with van der Waals surface area (Å²) in [5.41, 5.74) is 1.95. The predicted molar refractivity (Wildman–Crippen MR) is 88.8 cm³/mol. The molecule has 0 aliphatic rings. The molecule has 0 fully saturated rings. The van der Waals surface area contributed by atoms with E-state index in [0.29, 0.717) is 12.4 Å². The number of ether oxygens (including phenoxy) is 3. The first-order valence-corrected chi connectivity index (χ1v) is 7.59. The summed E-state index contributed by atoms with van der Waals surface area (Å²) in [7, 11) is 1.61. The van der Waals surface area contributed by atoms with Gasteiger partial charge in [-0.2, -0.15) is 0 Å². The molecule has 2 rings (SSSR count). The molecule has 23 heavy (non-hydrogen) atoms. The highest BCUT2D eigenvalue weighted by molar-refractivity contribution is 5.55. The summed E-state index contributed by atoms with van der Waals surface area (Å²) in [6.07, 6.45) is 0.0349. The molecule has 0 spiro atoms. The van der Waals surface area contributed by atoms with Crippen LogP contribution in [0.1, 0.15) is 31.1 Å². The maximum absolute atomic E-state index is 10.8. The highest BCUT2D eigenvalue weighted by Gasteiger charge is 2.16. The number of hydrogen-bond donors (Lipinski definition) is 0. The van der Waals surface area contributed by atoms with E-state index in [2.05, 4.69) is 0 Å². The van der Waals surface area contributed by atoms with Crippen molar-refractivity contribution in [3.8, 4) is 11.5 Å². The lowest BCUT2D eigenvalue weighted by atomic mass is 10.1. The quantitative estimate of drug-likeness (QED) is 0.692. The van der Waals surface area contributed by atoms with Crippen LogP contribution in [0.2, 0.25) is 0 Å². The third-order valence-electron chi connectivity index (χ3n) is 3.50. The third kappa shape index (κ3) is 4.83. The van der Waals surface area contributed by atoms with Crippen molar-refractivity contribution >= 4 is 6.29 Å². The lowest BCUT2D eigenvalue weighted by Crippen LogP contribution is -2.13. The number of carbonyl (C=O) groups excluding carboxylic acids is 1. The van der Waals surface area contributed by atoms with Crippen LogP contribution in [-0.4, -0.2) is 19.5 Å². The molecule has 0 aromatic heterocycles. The molecule has 0 heterocycles. The van der Waals surface area contributed by atoms with E-state index in [1.807, 2.05) is 55.5 Å². The van der Waals surface area contributed by atoms with Crippen LogP contribution in [-0.2, 0) is 16.1 Å². The zero-order chi connectivity index (χ0) is 16.7. The summed E-state index contributed by atoms with van der Waals surface area (Å²) in [6.45, 7) is 4.09. The van der Waals surface area contributed by atoms with Crippen molar-refractivity contribution in [3.05, 3.63) is 59.7 Å². The Labute approximate surface area is 137 Å². The molecule has 0 aliphatic heterocycles. The zero-order valence-electron chi connectivity index (χ0n) is 13.7. The molecule has 2 aromatic carbocycles. The zero-order valence-corrected chi connectivity index (χ0v) is 13.7. The van der Waals surface area contributed by atoms with Crippen LogP contribution in [0.5, 0.6) is 11.5 Å². The van der Waals surface area contributed by atoms with Gasteiger partial charge in [0.2, 0.25) is 0 Å². The van der Waals surface area contributed by atoms with E-state index in [4.69, 9.17) is 14.2 Å². The first kappa shape index (κ1) is 17.0. The van der Waals surface area contributed by atoms with E-state index in [-0.39, 0.29) is 6.10 Å². The summed E-state index contributed by atoms with van der Waals surface area (Å²) in [4.78, 5) is 10.8. The second-order valence-electron chi connectivity index (χ2n) is 5.30. The fourth-order valence-corrected chi connectivity index (χ4v) is 2.29. The fraction of sp³-hybridized carbons (Fsp3) is 0.316. The Kier molecular flexibility index (Phi) is 6.18. The molecule has 0 unspecified atom stereocenters. The van der Waals surface area contributed by atoms with Crippen LogP contribution >= 0.6 is 0 Å². The minimum Gasteiger partial charge on any atom is -0.496 e. The summed E-state index contributed by atoms with van der Waals surface area (Å²) in [5, 5.41) is 0. The summed E-state index contributed by atoms with van der Waals surface area (Å²) in [5.74, 6) is 1.45. The summed E-state index contributed by atoms with van der Waals surface area (Å²) < 4.78 is 16.9. The number of carbonyl (C=O) groups is 1. The second kappa shape index (κ2) is 8.34. The number of aldehydes is 1. The minimum atomic E-state index is -0.469. The molecule has 0 radical (unpaired) electrons. The van der Waals surface area contributed by atoms with Crippen LogP contribution in [0, 0.1) is 0 Å². The molecule has 2 atom stereocenters. The predicted octanol–water partition coefficient (Wildman–Crippen LogP) is 3.94. The van der Waals surface area contributed by atoms with Gasteiger partial charge in [0, 0.05) is 5.56 Å². The second-order valence-corrected chi connectivity index (χ2v) is 5.30. The largest absolute Gasteiger partial charge is 0.496 e. The SMILES string of the molecule is COc1ccc(OCc2ccccc2)cc1[C@@H](C)O[C@@H](C)C=O. The van der Waals surface area contributed by atoms with Crippen LogP contribution in [0.15, 0.2) is 48.5 Å². The Balaban J connectivity index is 2.12. The van der Waals surface area contributed by atoms with Crippen LogP contribution in [0.3, 0.4) is 0 Å². The van der Waals surface area contributed by atoms with Gasteiger partial charge in [-0.3, -0.25) is 0 Å². The Morgan fingerprint density at radius 1 is 1.09 bits per heavy atom. The normalized spacial score (nSPS) is 13.2. The van der Waals surface area contributed by atoms with E-state index >= 15 is 0 Å². The van der Waals surface area contributed by atoms with Crippen molar-refractivity contribution < 1.29 is 19.0 Å². The van der Waals surface area contributed by atoms with Crippen molar-refractivity contribution in [3.63, 3.8) is 0 Å². The molecule has 0 saturated heterocycles. The van der Waals surface area contributed by atoms with Crippen molar-refractivity contribution in [1.29, 1.82) is 0 Å². The maximum Gasteiger partial charge on any atom is 0.148 e. The Morgan fingerprint density at radius 2 is 1.83 bits per heavy atom. The van der Waals surface area contributed by atoms with Crippen LogP contribution < -0.4 is 9.47 Å². The molecule has 4 nitrogen and oxygen atoms in total. The van der Waals surface area contributed by atoms with Gasteiger partial charge in [0.1, 0.15) is 30.5 Å². The van der Waals surface area contributed by atoms with Gasteiger partial charge >= 0.3 is 0 Å². The standard InChI is InChI=1S/C19H22O4/c1-14(12-20)23-15(2)18-11-17(9-10-19(18)21-3)22-13-16-7-5-4-6-8-16/h4-12,14-15H,13H2,1-3H3/t14-,15+/m0/s1. The van der Waals surface area contributed by atoms with Crippen molar-refractivity contribution in [1.82, 2.24) is 0 Å². The number of methoxy groups -OCH3 is 1. The average molecular weight is 314 g/mol. The average Bonchev–Trinajstić information content (AvgIpc) is 2.60. The molecule has 122 valence electrons. The maximum atomic E-state index is 10.8. The Hall–Kier alpha value is -2.33. The van der Waals surface area contributed by atoms with E-state index in [1.165, 1.54) is 0 Å². The molecule has 0 aliphatic carbocycles. The molecule has 0 bridgehead atoms. The van der Waals surface area contributed by atoms with Crippen molar-refractivity contribution in [2.24, 2.45) is 0 Å². The van der Waals surface area contributed by atoms with Gasteiger partial charge in [0.05, 0.1) is 13.2 Å². The van der Waals surface area contributed by atoms with Gasteiger partial charge in [-0.1, -0.05) is 30.3 Å². The van der Waals surface area contributed by atoms with Gasteiger partial charge in [0.25, 0.3) is 0 Å². The lowest BCUT2D eigenvalue weighted by Gasteiger charge is -2.19. The first-order chi connectivity index (χ1) is 11.1. The summed E-state index contributed by atoms with van der Waals surface area (Å²) >= 11 is 0. The number of benzene rings is 2. The van der Waals surface area contributed by atoms with Gasteiger partial charge in [-0.05, 0) is 37.6 Å². The molecular weight excluding hydrogens is 292 g/mol. The monoisotopic (exact) mass is 314 g/mol. The van der Waals surface area contributed by atoms with E-state index in [1.54, 1.807) is 14.0 Å². The van der Waals surface area contributed by atoms with E-state index in [9.17, 15) is 4.79 Å². The molecular formula is C19H22O4. The Bertz CT molecular complexity index is 625. The smallest absolute Gasteiger partial charge is 0.148 e. The first-order valence-electron chi connectivity index (χ1n) is 7.59.